The molecule has 4 heteroatoms. The third-order valence-electron chi connectivity index (χ3n) is 4.41. The molecule has 2 aromatic rings. The molecule has 0 fully saturated rings. The maximum atomic E-state index is 6.26. The van der Waals surface area contributed by atoms with Crippen molar-refractivity contribution in [2.24, 2.45) is 7.05 Å². The van der Waals surface area contributed by atoms with Crippen LogP contribution in [0.15, 0.2) is 18.2 Å². The van der Waals surface area contributed by atoms with Gasteiger partial charge in [0.05, 0.1) is 0 Å². The highest BCUT2D eigenvalue weighted by molar-refractivity contribution is 5.74. The van der Waals surface area contributed by atoms with Gasteiger partial charge in [0.25, 0.3) is 0 Å². The van der Waals surface area contributed by atoms with Crippen molar-refractivity contribution in [2.75, 3.05) is 24.2 Å². The van der Waals surface area contributed by atoms with E-state index in [4.69, 9.17) is 10.7 Å². The van der Waals surface area contributed by atoms with Crippen LogP contribution in [0, 0.1) is 0 Å². The molecule has 0 saturated heterocycles. The van der Waals surface area contributed by atoms with Crippen molar-refractivity contribution in [3.63, 3.8) is 0 Å². The second-order valence-corrected chi connectivity index (χ2v) is 5.94. The third kappa shape index (κ3) is 2.39. The number of imidazole rings is 1. The molecule has 0 radical (unpaired) electrons. The standard InChI is InChI=1S/C17H24N4/c1-4-6-15-19-16(17(18)21(15)3)13-8-9-14-12(11-13)7-5-10-20(14)2/h8-9,11H,4-7,10,18H2,1-3H3. The summed E-state index contributed by atoms with van der Waals surface area (Å²) in [6.07, 6.45) is 4.40. The summed E-state index contributed by atoms with van der Waals surface area (Å²) < 4.78 is 2.02. The lowest BCUT2D eigenvalue weighted by atomic mass is 9.98. The maximum absolute atomic E-state index is 6.26. The molecule has 0 spiro atoms. The van der Waals surface area contributed by atoms with Crippen molar-refractivity contribution in [3.8, 4) is 11.3 Å². The van der Waals surface area contributed by atoms with E-state index in [2.05, 4.69) is 37.1 Å². The molecule has 1 aromatic carbocycles. The van der Waals surface area contributed by atoms with E-state index in [0.29, 0.717) is 0 Å². The topological polar surface area (TPSA) is 47.1 Å². The maximum Gasteiger partial charge on any atom is 0.131 e. The Kier molecular flexibility index (Phi) is 3.62. The fraction of sp³-hybridized carbons (Fsp3) is 0.471. The molecule has 0 saturated carbocycles. The van der Waals surface area contributed by atoms with E-state index in [1.165, 1.54) is 17.7 Å². The number of rotatable bonds is 3. The van der Waals surface area contributed by atoms with Crippen LogP contribution in [-0.2, 0) is 19.9 Å². The average Bonchev–Trinajstić information content (AvgIpc) is 2.76. The Morgan fingerprint density at radius 3 is 2.86 bits per heavy atom. The van der Waals surface area contributed by atoms with Crippen LogP contribution < -0.4 is 10.6 Å². The van der Waals surface area contributed by atoms with Crippen LogP contribution in [0.4, 0.5) is 11.5 Å². The fourth-order valence-corrected chi connectivity index (χ4v) is 3.15. The number of anilines is 2. The smallest absolute Gasteiger partial charge is 0.131 e. The van der Waals surface area contributed by atoms with Crippen molar-refractivity contribution in [3.05, 3.63) is 29.6 Å². The van der Waals surface area contributed by atoms with Crippen molar-refractivity contribution in [2.45, 2.75) is 32.6 Å². The zero-order valence-corrected chi connectivity index (χ0v) is 13.2. The Bertz CT molecular complexity index is 657. The lowest BCUT2D eigenvalue weighted by Gasteiger charge is -2.27. The highest BCUT2D eigenvalue weighted by atomic mass is 15.1. The van der Waals surface area contributed by atoms with Gasteiger partial charge in [-0.25, -0.2) is 4.98 Å². The SMILES string of the molecule is CCCc1nc(-c2ccc3c(c2)CCCN3C)c(N)n1C. The molecule has 4 nitrogen and oxygen atoms in total. The summed E-state index contributed by atoms with van der Waals surface area (Å²) >= 11 is 0. The Balaban J connectivity index is 2.03. The number of nitrogens with zero attached hydrogens (tertiary/aromatic N) is 3. The van der Waals surface area contributed by atoms with Gasteiger partial charge in [0, 0.05) is 38.3 Å². The van der Waals surface area contributed by atoms with Gasteiger partial charge < -0.3 is 15.2 Å². The van der Waals surface area contributed by atoms with Gasteiger partial charge in [0.15, 0.2) is 0 Å². The zero-order chi connectivity index (χ0) is 15.0. The number of nitrogen functional groups attached to an aromatic ring is 1. The minimum atomic E-state index is 0.766. The second-order valence-electron chi connectivity index (χ2n) is 5.94. The van der Waals surface area contributed by atoms with Crippen LogP contribution in [0.5, 0.6) is 0 Å². The molecular formula is C17H24N4. The highest BCUT2D eigenvalue weighted by Crippen LogP contribution is 2.33. The molecule has 2 heterocycles. The summed E-state index contributed by atoms with van der Waals surface area (Å²) in [5, 5.41) is 0. The molecule has 21 heavy (non-hydrogen) atoms. The molecule has 112 valence electrons. The van der Waals surface area contributed by atoms with Crippen molar-refractivity contribution in [1.29, 1.82) is 0 Å². The minimum Gasteiger partial charge on any atom is -0.383 e. The van der Waals surface area contributed by atoms with E-state index in [1.807, 2.05) is 11.6 Å². The lowest BCUT2D eigenvalue weighted by Crippen LogP contribution is -2.24. The third-order valence-corrected chi connectivity index (χ3v) is 4.41. The minimum absolute atomic E-state index is 0.766. The molecule has 0 bridgehead atoms. The van der Waals surface area contributed by atoms with Crippen LogP contribution in [0.3, 0.4) is 0 Å². The van der Waals surface area contributed by atoms with Crippen LogP contribution in [0.25, 0.3) is 11.3 Å². The van der Waals surface area contributed by atoms with Gasteiger partial charge in [0.2, 0.25) is 0 Å². The lowest BCUT2D eigenvalue weighted by molar-refractivity contribution is 0.745. The molecular weight excluding hydrogens is 260 g/mol. The normalized spacial score (nSPS) is 14.3. The molecule has 0 unspecified atom stereocenters. The number of benzene rings is 1. The van der Waals surface area contributed by atoms with Crippen molar-refractivity contribution >= 4 is 11.5 Å². The van der Waals surface area contributed by atoms with Crippen LogP contribution >= 0.6 is 0 Å². The summed E-state index contributed by atoms with van der Waals surface area (Å²) in [6, 6.07) is 6.62. The largest absolute Gasteiger partial charge is 0.383 e. The summed E-state index contributed by atoms with van der Waals surface area (Å²) in [6.45, 7) is 3.30. The number of aromatic nitrogens is 2. The first-order chi connectivity index (χ1) is 10.1. The highest BCUT2D eigenvalue weighted by Gasteiger charge is 2.17. The number of hydrogen-bond donors (Lipinski definition) is 1. The summed E-state index contributed by atoms with van der Waals surface area (Å²) in [5.41, 5.74) is 11.1. The van der Waals surface area contributed by atoms with E-state index in [0.717, 1.165) is 48.7 Å². The average molecular weight is 284 g/mol. The van der Waals surface area contributed by atoms with Crippen LogP contribution in [0.2, 0.25) is 0 Å². The Hall–Kier alpha value is -1.97. The second kappa shape index (κ2) is 5.43. The number of aryl methyl sites for hydroxylation is 2. The van der Waals surface area contributed by atoms with Gasteiger partial charge in [0.1, 0.15) is 17.3 Å². The fourth-order valence-electron chi connectivity index (χ4n) is 3.15. The van der Waals surface area contributed by atoms with Crippen LogP contribution in [-0.4, -0.2) is 23.1 Å². The van der Waals surface area contributed by atoms with Crippen molar-refractivity contribution < 1.29 is 0 Å². The molecule has 3 rings (SSSR count). The first kappa shape index (κ1) is 14.0. The van der Waals surface area contributed by atoms with Crippen molar-refractivity contribution in [1.82, 2.24) is 9.55 Å². The molecule has 1 aromatic heterocycles. The Morgan fingerprint density at radius 2 is 2.10 bits per heavy atom. The Morgan fingerprint density at radius 1 is 1.29 bits per heavy atom. The van der Waals surface area contributed by atoms with Gasteiger partial charge in [-0.05, 0) is 37.0 Å². The van der Waals surface area contributed by atoms with E-state index in [1.54, 1.807) is 0 Å². The first-order valence-corrected chi connectivity index (χ1v) is 7.77. The van der Waals surface area contributed by atoms with Gasteiger partial charge in [-0.15, -0.1) is 0 Å². The van der Waals surface area contributed by atoms with E-state index < -0.39 is 0 Å². The molecule has 2 N–H and O–H groups in total. The first-order valence-electron chi connectivity index (χ1n) is 7.77. The zero-order valence-electron chi connectivity index (χ0n) is 13.2. The van der Waals surface area contributed by atoms with Gasteiger partial charge in [-0.2, -0.15) is 0 Å². The van der Waals surface area contributed by atoms with Gasteiger partial charge in [-0.1, -0.05) is 13.0 Å². The van der Waals surface area contributed by atoms with E-state index >= 15 is 0 Å². The predicted octanol–water partition coefficient (Wildman–Crippen LogP) is 3.00. The Labute approximate surface area is 126 Å². The molecule has 1 aliphatic rings. The number of hydrogen-bond acceptors (Lipinski definition) is 3. The molecule has 0 aliphatic carbocycles. The molecule has 0 amide bonds. The van der Waals surface area contributed by atoms with E-state index in [-0.39, 0.29) is 0 Å². The van der Waals surface area contributed by atoms with E-state index in [9.17, 15) is 0 Å². The number of nitrogens with two attached hydrogens (primary N) is 1. The predicted molar refractivity (Wildman–Crippen MR) is 88.6 cm³/mol. The van der Waals surface area contributed by atoms with Gasteiger partial charge in [-0.3, -0.25) is 0 Å². The quantitative estimate of drug-likeness (QED) is 0.942. The van der Waals surface area contributed by atoms with Gasteiger partial charge >= 0.3 is 0 Å². The number of fused-ring (bicyclic) bond motifs is 1. The summed E-state index contributed by atoms with van der Waals surface area (Å²) in [5.74, 6) is 1.84. The summed E-state index contributed by atoms with van der Waals surface area (Å²) in [7, 11) is 4.16. The summed E-state index contributed by atoms with van der Waals surface area (Å²) in [4.78, 5) is 7.09. The van der Waals surface area contributed by atoms with Crippen LogP contribution in [0.1, 0.15) is 31.2 Å². The molecule has 1 aliphatic heterocycles. The monoisotopic (exact) mass is 284 g/mol. The molecule has 0 atom stereocenters.